The van der Waals surface area contributed by atoms with Gasteiger partial charge in [0.15, 0.2) is 5.82 Å². The van der Waals surface area contributed by atoms with Crippen molar-refractivity contribution in [3.8, 4) is 0 Å². The molecule has 1 aliphatic carbocycles. The molecule has 9 nitrogen and oxygen atoms in total. The van der Waals surface area contributed by atoms with E-state index in [-0.39, 0.29) is 13.2 Å². The number of aliphatic hydroxyl groups excluding tert-OH is 2. The number of likely N-dealkylation sites (N-methyl/N-ethyl adjacent to an activating group) is 1. The number of hydrogen-bond acceptors (Lipinski definition) is 8. The molecule has 0 unspecified atom stereocenters. The molecule has 1 saturated carbocycles. The lowest BCUT2D eigenvalue weighted by molar-refractivity contribution is 0.280. The number of aliphatic hydroxyl groups is 2. The van der Waals surface area contributed by atoms with E-state index in [1.165, 1.54) is 19.3 Å². The van der Waals surface area contributed by atoms with Gasteiger partial charge in [-0.2, -0.15) is 14.5 Å². The Labute approximate surface area is 172 Å². The molecule has 4 rings (SSSR count). The highest BCUT2D eigenvalue weighted by atomic mass is 16.3. The van der Waals surface area contributed by atoms with Gasteiger partial charge >= 0.3 is 0 Å². The van der Waals surface area contributed by atoms with Crippen molar-refractivity contribution in [1.82, 2.24) is 24.5 Å². The first-order valence-electron chi connectivity index (χ1n) is 10.9. The van der Waals surface area contributed by atoms with Gasteiger partial charge in [0.05, 0.1) is 13.2 Å². The Morgan fingerprint density at radius 3 is 2.34 bits per heavy atom. The van der Waals surface area contributed by atoms with Crippen LogP contribution in [0, 0.1) is 0 Å². The van der Waals surface area contributed by atoms with Crippen molar-refractivity contribution in [3.63, 3.8) is 0 Å². The first-order valence-corrected chi connectivity index (χ1v) is 10.9. The zero-order chi connectivity index (χ0) is 20.2. The third kappa shape index (κ3) is 4.46. The summed E-state index contributed by atoms with van der Waals surface area (Å²) in [4.78, 5) is 16.2. The van der Waals surface area contributed by atoms with Gasteiger partial charge in [0, 0.05) is 51.3 Å². The Morgan fingerprint density at radius 2 is 1.69 bits per heavy atom. The van der Waals surface area contributed by atoms with E-state index in [4.69, 9.17) is 15.1 Å². The van der Waals surface area contributed by atoms with Crippen LogP contribution in [-0.2, 0) is 0 Å². The van der Waals surface area contributed by atoms with Gasteiger partial charge in [-0.3, -0.25) is 0 Å². The largest absolute Gasteiger partial charge is 0.395 e. The van der Waals surface area contributed by atoms with Gasteiger partial charge in [-0.15, -0.1) is 5.10 Å². The zero-order valence-electron chi connectivity index (χ0n) is 17.4. The molecule has 160 valence electrons. The van der Waals surface area contributed by atoms with E-state index in [2.05, 4.69) is 16.8 Å². The van der Waals surface area contributed by atoms with Crippen molar-refractivity contribution < 1.29 is 10.2 Å². The summed E-state index contributed by atoms with van der Waals surface area (Å²) in [6, 6.07) is 2.03. The number of anilines is 2. The lowest BCUT2D eigenvalue weighted by Crippen LogP contribution is -2.45. The summed E-state index contributed by atoms with van der Waals surface area (Å²) in [7, 11) is 2.14. The van der Waals surface area contributed by atoms with E-state index in [1.54, 1.807) is 4.52 Å². The molecule has 2 aromatic rings. The summed E-state index contributed by atoms with van der Waals surface area (Å²) >= 11 is 0. The molecule has 2 aromatic heterocycles. The molecule has 0 atom stereocenters. The molecule has 3 heterocycles. The summed E-state index contributed by atoms with van der Waals surface area (Å²) in [6.45, 7) is 4.72. The predicted octanol–water partition coefficient (Wildman–Crippen LogP) is 0.715. The summed E-state index contributed by atoms with van der Waals surface area (Å²) < 4.78 is 1.80. The van der Waals surface area contributed by atoms with Crippen molar-refractivity contribution in [1.29, 1.82) is 0 Å². The van der Waals surface area contributed by atoms with Crippen LogP contribution in [0.3, 0.4) is 0 Å². The quantitative estimate of drug-likeness (QED) is 0.698. The highest BCUT2D eigenvalue weighted by Crippen LogP contribution is 2.32. The van der Waals surface area contributed by atoms with Gasteiger partial charge in [0.1, 0.15) is 11.6 Å². The normalized spacial score (nSPS) is 19.2. The van der Waals surface area contributed by atoms with Crippen LogP contribution in [0.25, 0.3) is 5.78 Å². The third-order valence-electron chi connectivity index (χ3n) is 6.16. The fourth-order valence-electron chi connectivity index (χ4n) is 4.40. The molecule has 0 amide bonds. The average molecular weight is 404 g/mol. The monoisotopic (exact) mass is 403 g/mol. The summed E-state index contributed by atoms with van der Waals surface area (Å²) in [6.07, 6.45) is 6.02. The molecule has 0 spiro atoms. The molecule has 0 bridgehead atoms. The maximum absolute atomic E-state index is 9.55. The average Bonchev–Trinajstić information content (AvgIpc) is 3.18. The van der Waals surface area contributed by atoms with E-state index in [0.717, 1.165) is 56.5 Å². The van der Waals surface area contributed by atoms with Gasteiger partial charge in [-0.1, -0.05) is 19.3 Å². The lowest BCUT2D eigenvalue weighted by atomic mass is 9.89. The van der Waals surface area contributed by atoms with Crippen LogP contribution >= 0.6 is 0 Å². The van der Waals surface area contributed by atoms with E-state index in [1.807, 2.05) is 11.0 Å². The Kier molecular flexibility index (Phi) is 6.46. The number of fused-ring (bicyclic) bond motifs is 1. The number of rotatable bonds is 7. The topological polar surface area (TPSA) is 93.3 Å². The fourth-order valence-corrected chi connectivity index (χ4v) is 4.40. The van der Waals surface area contributed by atoms with Crippen LogP contribution in [0.1, 0.15) is 43.8 Å². The van der Waals surface area contributed by atoms with Crippen molar-refractivity contribution in [2.24, 2.45) is 0 Å². The second-order valence-corrected chi connectivity index (χ2v) is 8.21. The highest BCUT2D eigenvalue weighted by Gasteiger charge is 2.24. The maximum Gasteiger partial charge on any atom is 0.256 e. The lowest BCUT2D eigenvalue weighted by Gasteiger charge is -2.34. The predicted molar refractivity (Wildman–Crippen MR) is 113 cm³/mol. The standard InChI is InChI=1S/C20H33N7O2/c1-24-7-9-25(10-8-24)17-15-18(26(11-13-28)12-14-29)27-20(21-17)22-19(23-27)16-5-3-2-4-6-16/h15-16,28-29H,2-14H2,1H3. The van der Waals surface area contributed by atoms with Crippen molar-refractivity contribution in [2.45, 2.75) is 38.0 Å². The highest BCUT2D eigenvalue weighted by molar-refractivity contribution is 5.57. The molecule has 29 heavy (non-hydrogen) atoms. The van der Waals surface area contributed by atoms with Gasteiger partial charge in [-0.05, 0) is 19.9 Å². The molecule has 2 aliphatic rings. The minimum absolute atomic E-state index is 0.0117. The molecule has 2 N–H and O–H groups in total. The van der Waals surface area contributed by atoms with Crippen LogP contribution < -0.4 is 9.80 Å². The Balaban J connectivity index is 1.74. The van der Waals surface area contributed by atoms with E-state index in [0.29, 0.717) is 24.8 Å². The van der Waals surface area contributed by atoms with Crippen LogP contribution in [-0.4, -0.2) is 94.2 Å². The second-order valence-electron chi connectivity index (χ2n) is 8.21. The molecule has 0 aromatic carbocycles. The van der Waals surface area contributed by atoms with Gasteiger partial charge in [0.25, 0.3) is 5.78 Å². The van der Waals surface area contributed by atoms with Crippen LogP contribution in [0.4, 0.5) is 11.6 Å². The smallest absolute Gasteiger partial charge is 0.256 e. The van der Waals surface area contributed by atoms with Gasteiger partial charge in [0.2, 0.25) is 0 Å². The van der Waals surface area contributed by atoms with Gasteiger partial charge in [-0.25, -0.2) is 0 Å². The third-order valence-corrected chi connectivity index (χ3v) is 6.16. The van der Waals surface area contributed by atoms with Crippen molar-refractivity contribution in [2.75, 3.05) is 69.3 Å². The second kappa shape index (κ2) is 9.23. The van der Waals surface area contributed by atoms with E-state index in [9.17, 15) is 10.2 Å². The molecular formula is C20H33N7O2. The number of aromatic nitrogens is 4. The first-order chi connectivity index (χ1) is 14.2. The van der Waals surface area contributed by atoms with Crippen molar-refractivity contribution >= 4 is 17.4 Å². The fraction of sp³-hybridized carbons (Fsp3) is 0.750. The maximum atomic E-state index is 9.55. The SMILES string of the molecule is CN1CCN(c2cc(N(CCO)CCO)n3nc(C4CCCCC4)nc3n2)CC1. The molecule has 0 radical (unpaired) electrons. The molecule has 2 fully saturated rings. The molecule has 1 aliphatic heterocycles. The first kappa shape index (κ1) is 20.3. The van der Waals surface area contributed by atoms with Crippen LogP contribution in [0.2, 0.25) is 0 Å². The van der Waals surface area contributed by atoms with E-state index >= 15 is 0 Å². The van der Waals surface area contributed by atoms with E-state index < -0.39 is 0 Å². The van der Waals surface area contributed by atoms with Crippen molar-refractivity contribution in [3.05, 3.63) is 11.9 Å². The van der Waals surface area contributed by atoms with Crippen LogP contribution in [0.5, 0.6) is 0 Å². The number of nitrogens with zero attached hydrogens (tertiary/aromatic N) is 7. The van der Waals surface area contributed by atoms with Crippen LogP contribution in [0.15, 0.2) is 6.07 Å². The Bertz CT molecular complexity index is 791. The molecule has 9 heteroatoms. The minimum atomic E-state index is 0.0117. The summed E-state index contributed by atoms with van der Waals surface area (Å²) in [5.74, 6) is 3.61. The molecular weight excluding hydrogens is 370 g/mol. The Hall–Kier alpha value is -1.97. The summed E-state index contributed by atoms with van der Waals surface area (Å²) in [5, 5.41) is 23.9. The molecule has 1 saturated heterocycles. The Morgan fingerprint density at radius 1 is 1.00 bits per heavy atom. The number of piperazine rings is 1. The minimum Gasteiger partial charge on any atom is -0.395 e. The van der Waals surface area contributed by atoms with Gasteiger partial charge < -0.3 is 24.9 Å². The zero-order valence-corrected chi connectivity index (χ0v) is 17.4. The summed E-state index contributed by atoms with van der Waals surface area (Å²) in [5.41, 5.74) is 0. The number of hydrogen-bond donors (Lipinski definition) is 2.